The summed E-state index contributed by atoms with van der Waals surface area (Å²) in [7, 11) is -3.65. The summed E-state index contributed by atoms with van der Waals surface area (Å²) in [5.74, 6) is 0.648. The summed E-state index contributed by atoms with van der Waals surface area (Å²) in [5, 5.41) is 3.23. The van der Waals surface area contributed by atoms with Gasteiger partial charge < -0.3 is 5.32 Å². The fourth-order valence-corrected chi connectivity index (χ4v) is 4.30. The van der Waals surface area contributed by atoms with Crippen LogP contribution in [0.4, 0.5) is 17.2 Å². The average Bonchev–Trinajstić information content (AvgIpc) is 2.55. The first kappa shape index (κ1) is 18.9. The number of aryl methyl sites for hydroxylation is 4. The number of rotatable bonds is 5. The van der Waals surface area contributed by atoms with Crippen LogP contribution in [0.5, 0.6) is 0 Å². The van der Waals surface area contributed by atoms with Crippen LogP contribution < -0.4 is 10.0 Å². The van der Waals surface area contributed by atoms with Crippen LogP contribution in [-0.2, 0) is 10.0 Å². The third-order valence-corrected chi connectivity index (χ3v) is 5.67. The molecule has 1 heterocycles. The van der Waals surface area contributed by atoms with Gasteiger partial charge in [0.2, 0.25) is 0 Å². The number of nitrogens with zero attached hydrogens (tertiary/aromatic N) is 1. The second kappa shape index (κ2) is 7.40. The Labute approximate surface area is 160 Å². The number of benzene rings is 2. The van der Waals surface area contributed by atoms with Crippen LogP contribution in [0.25, 0.3) is 0 Å². The van der Waals surface area contributed by atoms with Crippen molar-refractivity contribution < 1.29 is 8.42 Å². The van der Waals surface area contributed by atoms with Crippen molar-refractivity contribution >= 4 is 27.2 Å². The molecule has 0 radical (unpaired) electrons. The predicted molar refractivity (Wildman–Crippen MR) is 110 cm³/mol. The third-order valence-electron chi connectivity index (χ3n) is 4.13. The van der Waals surface area contributed by atoms with Crippen molar-refractivity contribution in [3.05, 3.63) is 77.0 Å². The average molecular weight is 382 g/mol. The quantitative estimate of drug-likeness (QED) is 0.662. The van der Waals surface area contributed by atoms with Crippen molar-refractivity contribution in [3.63, 3.8) is 0 Å². The van der Waals surface area contributed by atoms with E-state index in [-0.39, 0.29) is 4.90 Å². The Kier molecular flexibility index (Phi) is 5.19. The topological polar surface area (TPSA) is 71.1 Å². The lowest BCUT2D eigenvalue weighted by atomic mass is 10.1. The summed E-state index contributed by atoms with van der Waals surface area (Å²) in [5.41, 5.74) is 5.42. The molecule has 140 valence electrons. The second-order valence-corrected chi connectivity index (χ2v) is 8.46. The molecule has 5 nitrogen and oxygen atoms in total. The van der Waals surface area contributed by atoms with E-state index in [1.165, 1.54) is 6.20 Å². The number of hydrogen-bond donors (Lipinski definition) is 2. The summed E-state index contributed by atoms with van der Waals surface area (Å²) in [6.45, 7) is 7.80. The summed E-state index contributed by atoms with van der Waals surface area (Å²) in [6.07, 6.45) is 1.51. The summed E-state index contributed by atoms with van der Waals surface area (Å²) in [6, 6.07) is 14.9. The van der Waals surface area contributed by atoms with E-state index >= 15 is 0 Å². The highest BCUT2D eigenvalue weighted by atomic mass is 32.2. The molecule has 0 unspecified atom stereocenters. The first-order chi connectivity index (χ1) is 12.7. The maximum atomic E-state index is 12.6. The zero-order valence-electron chi connectivity index (χ0n) is 15.9. The first-order valence-corrected chi connectivity index (χ1v) is 10.1. The molecule has 0 bridgehead atoms. The van der Waals surface area contributed by atoms with Crippen LogP contribution in [0.1, 0.15) is 22.3 Å². The highest BCUT2D eigenvalue weighted by Crippen LogP contribution is 2.22. The summed E-state index contributed by atoms with van der Waals surface area (Å²) in [4.78, 5) is 4.58. The van der Waals surface area contributed by atoms with Crippen molar-refractivity contribution in [2.75, 3.05) is 10.0 Å². The molecule has 3 rings (SSSR count). The third kappa shape index (κ3) is 4.65. The molecule has 0 saturated carbocycles. The van der Waals surface area contributed by atoms with Gasteiger partial charge in [0.05, 0.1) is 16.8 Å². The Balaban J connectivity index is 1.77. The predicted octanol–water partition coefficient (Wildman–Crippen LogP) is 4.86. The Morgan fingerprint density at radius 2 is 1.48 bits per heavy atom. The van der Waals surface area contributed by atoms with Gasteiger partial charge in [-0.1, -0.05) is 23.8 Å². The molecule has 6 heteroatoms. The number of pyridine rings is 1. The fourth-order valence-electron chi connectivity index (χ4n) is 3.03. The molecule has 0 aliphatic heterocycles. The van der Waals surface area contributed by atoms with Gasteiger partial charge in [0.25, 0.3) is 10.0 Å². The van der Waals surface area contributed by atoms with E-state index in [2.05, 4.69) is 21.1 Å². The molecule has 0 fully saturated rings. The van der Waals surface area contributed by atoms with E-state index in [9.17, 15) is 8.42 Å². The molecule has 0 aliphatic rings. The van der Waals surface area contributed by atoms with Crippen molar-refractivity contribution in [1.82, 2.24) is 4.98 Å². The summed E-state index contributed by atoms with van der Waals surface area (Å²) < 4.78 is 27.8. The summed E-state index contributed by atoms with van der Waals surface area (Å²) >= 11 is 0. The van der Waals surface area contributed by atoms with Crippen LogP contribution in [0.15, 0.2) is 59.6 Å². The van der Waals surface area contributed by atoms with Gasteiger partial charge >= 0.3 is 0 Å². The molecule has 0 amide bonds. The van der Waals surface area contributed by atoms with Crippen LogP contribution in [-0.4, -0.2) is 13.4 Å². The minimum absolute atomic E-state index is 0.269. The standard InChI is InChI=1S/C21H23N3O2S/c1-14-5-7-20(17(4)10-14)27(25,26)24-18-6-8-21(22-13-18)23-19-11-15(2)9-16(3)12-19/h5-13,24H,1-4H3,(H,22,23). The lowest BCUT2D eigenvalue weighted by Crippen LogP contribution is -2.14. The smallest absolute Gasteiger partial charge is 0.262 e. The van der Waals surface area contributed by atoms with Crippen molar-refractivity contribution in [2.45, 2.75) is 32.6 Å². The normalized spacial score (nSPS) is 11.3. The van der Waals surface area contributed by atoms with Gasteiger partial charge in [0.15, 0.2) is 0 Å². The fraction of sp³-hybridized carbons (Fsp3) is 0.190. The van der Waals surface area contributed by atoms with E-state index in [0.29, 0.717) is 17.1 Å². The molecule has 0 aliphatic carbocycles. The Morgan fingerprint density at radius 1 is 0.778 bits per heavy atom. The van der Waals surface area contributed by atoms with Crippen molar-refractivity contribution in [3.8, 4) is 0 Å². The van der Waals surface area contributed by atoms with Gasteiger partial charge in [-0.2, -0.15) is 0 Å². The minimum Gasteiger partial charge on any atom is -0.340 e. The second-order valence-electron chi connectivity index (χ2n) is 6.81. The zero-order chi connectivity index (χ0) is 19.6. The molecule has 0 saturated heterocycles. The molecular formula is C21H23N3O2S. The molecule has 0 atom stereocenters. The lowest BCUT2D eigenvalue weighted by Gasteiger charge is -2.12. The Bertz CT molecular complexity index is 1050. The Morgan fingerprint density at radius 3 is 2.07 bits per heavy atom. The molecular weight excluding hydrogens is 358 g/mol. The number of sulfonamides is 1. The van der Waals surface area contributed by atoms with E-state index < -0.39 is 10.0 Å². The number of hydrogen-bond acceptors (Lipinski definition) is 4. The molecule has 0 spiro atoms. The van der Waals surface area contributed by atoms with Gasteiger partial charge in [-0.3, -0.25) is 4.72 Å². The maximum Gasteiger partial charge on any atom is 0.262 e. The molecule has 1 aromatic heterocycles. The van der Waals surface area contributed by atoms with Gasteiger partial charge in [0, 0.05) is 5.69 Å². The van der Waals surface area contributed by atoms with E-state index in [1.54, 1.807) is 31.2 Å². The Hall–Kier alpha value is -2.86. The molecule has 27 heavy (non-hydrogen) atoms. The lowest BCUT2D eigenvalue weighted by molar-refractivity contribution is 0.600. The number of aromatic nitrogens is 1. The van der Waals surface area contributed by atoms with Crippen molar-refractivity contribution in [2.24, 2.45) is 0 Å². The van der Waals surface area contributed by atoms with Gasteiger partial charge in [-0.25, -0.2) is 13.4 Å². The van der Waals surface area contributed by atoms with Crippen LogP contribution in [0.2, 0.25) is 0 Å². The zero-order valence-corrected chi connectivity index (χ0v) is 16.7. The number of anilines is 3. The minimum atomic E-state index is -3.65. The van der Waals surface area contributed by atoms with Crippen molar-refractivity contribution in [1.29, 1.82) is 0 Å². The monoisotopic (exact) mass is 381 g/mol. The van der Waals surface area contributed by atoms with Crippen LogP contribution >= 0.6 is 0 Å². The molecule has 2 aromatic carbocycles. The van der Waals surface area contributed by atoms with E-state index in [1.807, 2.05) is 39.0 Å². The van der Waals surface area contributed by atoms with E-state index in [0.717, 1.165) is 22.4 Å². The van der Waals surface area contributed by atoms with Gasteiger partial charge in [-0.15, -0.1) is 0 Å². The number of nitrogens with one attached hydrogen (secondary N) is 2. The highest BCUT2D eigenvalue weighted by molar-refractivity contribution is 7.92. The van der Waals surface area contributed by atoms with E-state index in [4.69, 9.17) is 0 Å². The van der Waals surface area contributed by atoms with Gasteiger partial charge in [0.1, 0.15) is 5.82 Å². The van der Waals surface area contributed by atoms with Crippen LogP contribution in [0, 0.1) is 27.7 Å². The van der Waals surface area contributed by atoms with Gasteiger partial charge in [-0.05, 0) is 74.7 Å². The van der Waals surface area contributed by atoms with Crippen LogP contribution in [0.3, 0.4) is 0 Å². The largest absolute Gasteiger partial charge is 0.340 e. The molecule has 2 N–H and O–H groups in total. The maximum absolute atomic E-state index is 12.6. The highest BCUT2D eigenvalue weighted by Gasteiger charge is 2.17. The molecule has 3 aromatic rings. The SMILES string of the molecule is Cc1cc(C)cc(Nc2ccc(NS(=O)(=O)c3ccc(C)cc3C)cn2)c1. The first-order valence-electron chi connectivity index (χ1n) is 8.64.